The molecule has 0 aromatic heterocycles. The monoisotopic (exact) mass is 212 g/mol. The van der Waals surface area contributed by atoms with Gasteiger partial charge in [-0.2, -0.15) is 0 Å². The van der Waals surface area contributed by atoms with Crippen molar-refractivity contribution in [2.24, 2.45) is 0 Å². The highest BCUT2D eigenvalue weighted by Gasteiger charge is 2.02. The minimum Gasteiger partial charge on any atom is -0.426 e. The lowest BCUT2D eigenvalue weighted by molar-refractivity contribution is -0.133. The van der Waals surface area contributed by atoms with Gasteiger partial charge >= 0.3 is 5.97 Å². The summed E-state index contributed by atoms with van der Waals surface area (Å²) in [5.74, 6) is 0.287. The van der Waals surface area contributed by atoms with E-state index in [2.05, 4.69) is 0 Å². The number of benzene rings is 1. The number of carbonyl (C=O) groups excluding carboxylic acids is 2. The van der Waals surface area contributed by atoms with Crippen LogP contribution in [0.5, 0.6) is 5.75 Å². The van der Waals surface area contributed by atoms with Crippen LogP contribution in [0.15, 0.2) is 24.3 Å². The molecule has 1 aromatic rings. The normalized spacial score (nSPS) is 9.50. The molecular weight excluding hydrogens is 204 g/mol. The Bertz CT molecular complexity index is 319. The van der Waals surface area contributed by atoms with Gasteiger partial charge in [0.05, 0.1) is 6.42 Å². The van der Waals surface area contributed by atoms with E-state index in [0.29, 0.717) is 11.3 Å². The first-order chi connectivity index (χ1) is 6.76. The minimum atomic E-state index is -0.376. The van der Waals surface area contributed by atoms with Crippen molar-refractivity contribution < 1.29 is 14.3 Å². The van der Waals surface area contributed by atoms with Gasteiger partial charge in [-0.1, -0.05) is 0 Å². The molecule has 0 fully saturated rings. The van der Waals surface area contributed by atoms with E-state index in [-0.39, 0.29) is 18.3 Å². The predicted molar refractivity (Wildman–Crippen MR) is 52.8 cm³/mol. The molecule has 1 rings (SSSR count). The fourth-order valence-corrected chi connectivity index (χ4v) is 1.03. The highest BCUT2D eigenvalue weighted by Crippen LogP contribution is 2.11. The first-order valence-electron chi connectivity index (χ1n) is 4.08. The van der Waals surface area contributed by atoms with Crippen LogP contribution in [-0.4, -0.2) is 18.1 Å². The molecule has 14 heavy (non-hydrogen) atoms. The van der Waals surface area contributed by atoms with Crippen LogP contribution in [-0.2, 0) is 4.79 Å². The molecular formula is C10H9ClO3. The summed E-state index contributed by atoms with van der Waals surface area (Å²) in [5, 5.41) is 0. The first-order valence-corrected chi connectivity index (χ1v) is 4.61. The highest BCUT2D eigenvalue weighted by atomic mass is 35.5. The third-order valence-electron chi connectivity index (χ3n) is 1.55. The Labute approximate surface area is 86.6 Å². The van der Waals surface area contributed by atoms with Crippen molar-refractivity contribution in [3.8, 4) is 5.75 Å². The molecule has 74 valence electrons. The van der Waals surface area contributed by atoms with Gasteiger partial charge < -0.3 is 4.74 Å². The second kappa shape index (κ2) is 5.40. The molecule has 0 bridgehead atoms. The number of halogens is 1. The van der Waals surface area contributed by atoms with Gasteiger partial charge in [0, 0.05) is 11.4 Å². The summed E-state index contributed by atoms with van der Waals surface area (Å²) in [5.41, 5.74) is 0.544. The number of hydrogen-bond acceptors (Lipinski definition) is 3. The third-order valence-corrected chi connectivity index (χ3v) is 1.74. The molecule has 0 amide bonds. The van der Waals surface area contributed by atoms with Crippen molar-refractivity contribution in [3.05, 3.63) is 29.8 Å². The maximum absolute atomic E-state index is 11.0. The Morgan fingerprint density at radius 2 is 2.00 bits per heavy atom. The molecule has 3 nitrogen and oxygen atoms in total. The van der Waals surface area contributed by atoms with Crippen LogP contribution in [0.25, 0.3) is 0 Å². The van der Waals surface area contributed by atoms with Crippen molar-refractivity contribution in [1.29, 1.82) is 0 Å². The number of alkyl halides is 1. The zero-order valence-corrected chi connectivity index (χ0v) is 8.16. The quantitative estimate of drug-likeness (QED) is 0.332. The van der Waals surface area contributed by atoms with Crippen LogP contribution in [0, 0.1) is 0 Å². The van der Waals surface area contributed by atoms with Crippen LogP contribution < -0.4 is 4.74 Å². The number of esters is 1. The Morgan fingerprint density at radius 1 is 1.36 bits per heavy atom. The van der Waals surface area contributed by atoms with Gasteiger partial charge in [-0.3, -0.25) is 9.59 Å². The summed E-state index contributed by atoms with van der Waals surface area (Å²) in [4.78, 5) is 21.3. The number of aldehydes is 1. The third kappa shape index (κ3) is 3.18. The molecule has 0 N–H and O–H groups in total. The number of hydrogen-bond donors (Lipinski definition) is 0. The lowest BCUT2D eigenvalue weighted by Gasteiger charge is -2.02. The minimum absolute atomic E-state index is 0.178. The molecule has 0 radical (unpaired) electrons. The molecule has 1 aromatic carbocycles. The SMILES string of the molecule is O=Cc1ccc(OC(=O)CCCl)cc1. The van der Waals surface area contributed by atoms with Gasteiger partial charge in [0.2, 0.25) is 0 Å². The maximum atomic E-state index is 11.0. The molecule has 0 atom stereocenters. The van der Waals surface area contributed by atoms with Gasteiger partial charge in [-0.15, -0.1) is 11.6 Å². The van der Waals surface area contributed by atoms with Gasteiger partial charge in [0.15, 0.2) is 0 Å². The summed E-state index contributed by atoms with van der Waals surface area (Å²) in [7, 11) is 0. The summed E-state index contributed by atoms with van der Waals surface area (Å²) < 4.78 is 4.91. The van der Waals surface area contributed by atoms with E-state index in [9.17, 15) is 9.59 Å². The van der Waals surface area contributed by atoms with Crippen LogP contribution >= 0.6 is 11.6 Å². The molecule has 4 heteroatoms. The predicted octanol–water partition coefficient (Wildman–Crippen LogP) is 2.03. The van der Waals surface area contributed by atoms with Crippen molar-refractivity contribution >= 4 is 23.9 Å². The number of rotatable bonds is 4. The molecule has 0 saturated carbocycles. The lowest BCUT2D eigenvalue weighted by atomic mass is 10.2. The van der Waals surface area contributed by atoms with Crippen LogP contribution in [0.3, 0.4) is 0 Å². The Balaban J connectivity index is 2.59. The smallest absolute Gasteiger partial charge is 0.312 e. The van der Waals surface area contributed by atoms with E-state index in [1.807, 2.05) is 0 Å². The Kier molecular flexibility index (Phi) is 4.13. The zero-order valence-electron chi connectivity index (χ0n) is 7.40. The zero-order chi connectivity index (χ0) is 10.4. The van der Waals surface area contributed by atoms with Gasteiger partial charge in [-0.25, -0.2) is 0 Å². The van der Waals surface area contributed by atoms with Gasteiger partial charge in [0.25, 0.3) is 0 Å². The lowest BCUT2D eigenvalue weighted by Crippen LogP contribution is -2.07. The van der Waals surface area contributed by atoms with E-state index >= 15 is 0 Å². The van der Waals surface area contributed by atoms with E-state index in [1.165, 1.54) is 0 Å². The van der Waals surface area contributed by atoms with Crippen molar-refractivity contribution in [2.75, 3.05) is 5.88 Å². The van der Waals surface area contributed by atoms with Crippen molar-refractivity contribution in [3.63, 3.8) is 0 Å². The van der Waals surface area contributed by atoms with E-state index < -0.39 is 0 Å². The van der Waals surface area contributed by atoms with E-state index in [4.69, 9.17) is 16.3 Å². The first kappa shape index (κ1) is 10.7. The Hall–Kier alpha value is -1.35. The summed E-state index contributed by atoms with van der Waals surface area (Å²) >= 11 is 5.36. The maximum Gasteiger partial charge on any atom is 0.312 e. The second-order valence-corrected chi connectivity index (χ2v) is 2.98. The van der Waals surface area contributed by atoms with E-state index in [0.717, 1.165) is 6.29 Å². The molecule has 0 spiro atoms. The van der Waals surface area contributed by atoms with E-state index in [1.54, 1.807) is 24.3 Å². The van der Waals surface area contributed by atoms with Crippen molar-refractivity contribution in [2.45, 2.75) is 6.42 Å². The molecule has 0 heterocycles. The van der Waals surface area contributed by atoms with Crippen molar-refractivity contribution in [1.82, 2.24) is 0 Å². The Morgan fingerprint density at radius 3 is 2.50 bits per heavy atom. The number of carbonyl (C=O) groups is 2. The standard InChI is InChI=1S/C10H9ClO3/c11-6-5-10(13)14-9-3-1-8(7-12)2-4-9/h1-4,7H,5-6H2. The highest BCUT2D eigenvalue weighted by molar-refractivity contribution is 6.18. The topological polar surface area (TPSA) is 43.4 Å². The number of ether oxygens (including phenoxy) is 1. The van der Waals surface area contributed by atoms with Crippen LogP contribution in [0.2, 0.25) is 0 Å². The summed E-state index contributed by atoms with van der Waals surface area (Å²) in [6.45, 7) is 0. The average molecular weight is 213 g/mol. The second-order valence-electron chi connectivity index (χ2n) is 2.60. The summed E-state index contributed by atoms with van der Waals surface area (Å²) in [6.07, 6.45) is 0.904. The van der Waals surface area contributed by atoms with Crippen LogP contribution in [0.4, 0.5) is 0 Å². The molecule has 0 saturated heterocycles. The summed E-state index contributed by atoms with van der Waals surface area (Å²) in [6, 6.07) is 6.29. The van der Waals surface area contributed by atoms with Crippen LogP contribution in [0.1, 0.15) is 16.8 Å². The largest absolute Gasteiger partial charge is 0.426 e. The fraction of sp³-hybridized carbons (Fsp3) is 0.200. The van der Waals surface area contributed by atoms with Gasteiger partial charge in [-0.05, 0) is 24.3 Å². The fourth-order valence-electron chi connectivity index (χ4n) is 0.874. The molecule has 0 aliphatic rings. The molecule has 0 aliphatic carbocycles. The van der Waals surface area contributed by atoms with Gasteiger partial charge in [0.1, 0.15) is 12.0 Å². The average Bonchev–Trinajstić information content (AvgIpc) is 2.19. The molecule has 0 aliphatic heterocycles. The molecule has 0 unspecified atom stereocenters.